The van der Waals surface area contributed by atoms with Gasteiger partial charge < -0.3 is 4.42 Å². The molecule has 1 aromatic heterocycles. The lowest BCUT2D eigenvalue weighted by molar-refractivity contribution is -0.110. The van der Waals surface area contributed by atoms with Gasteiger partial charge in [0.1, 0.15) is 11.3 Å². The molecule has 90 valence electrons. The van der Waals surface area contributed by atoms with E-state index < -0.39 is 0 Å². The topological polar surface area (TPSA) is 47.3 Å². The Labute approximate surface area is 104 Å². The van der Waals surface area contributed by atoms with Gasteiger partial charge in [0, 0.05) is 23.1 Å². The van der Waals surface area contributed by atoms with Gasteiger partial charge in [0.15, 0.2) is 11.2 Å². The van der Waals surface area contributed by atoms with E-state index in [1.165, 1.54) is 6.07 Å². The summed E-state index contributed by atoms with van der Waals surface area (Å²) < 4.78 is 5.62. The van der Waals surface area contributed by atoms with E-state index in [2.05, 4.69) is 0 Å². The summed E-state index contributed by atoms with van der Waals surface area (Å²) in [5.74, 6) is 0.757. The Hall–Kier alpha value is -2.16. The van der Waals surface area contributed by atoms with Crippen molar-refractivity contribution in [1.29, 1.82) is 0 Å². The highest BCUT2D eigenvalue weighted by Gasteiger charge is 2.37. The second kappa shape index (κ2) is 3.67. The maximum atomic E-state index is 11.8. The van der Waals surface area contributed by atoms with Crippen molar-refractivity contribution in [3.63, 3.8) is 0 Å². The van der Waals surface area contributed by atoms with Gasteiger partial charge in [-0.25, -0.2) is 0 Å². The highest BCUT2D eigenvalue weighted by Crippen LogP contribution is 2.34. The summed E-state index contributed by atoms with van der Waals surface area (Å²) in [5.41, 5.74) is 2.10. The molecule has 1 aliphatic rings. The van der Waals surface area contributed by atoms with Crippen LogP contribution in [0.3, 0.4) is 0 Å². The average Bonchev–Trinajstić information content (AvgIpc) is 2.88. The van der Waals surface area contributed by atoms with Crippen LogP contribution in [0.4, 0.5) is 0 Å². The fraction of sp³-hybridized carbons (Fsp3) is 0.200. The van der Waals surface area contributed by atoms with Crippen molar-refractivity contribution in [3.05, 3.63) is 51.4 Å². The first kappa shape index (κ1) is 11.0. The zero-order valence-electron chi connectivity index (χ0n) is 10.2. The average molecular weight is 240 g/mol. The molecule has 1 aliphatic carbocycles. The third-order valence-electron chi connectivity index (χ3n) is 3.28. The molecule has 0 radical (unpaired) electrons. The largest absolute Gasteiger partial charge is 0.460 e. The number of carbonyl (C=O) groups is 1. The van der Waals surface area contributed by atoms with Crippen LogP contribution in [0.15, 0.2) is 39.1 Å². The molecule has 0 N–H and O–H groups in total. The molecule has 1 unspecified atom stereocenters. The predicted molar refractivity (Wildman–Crippen MR) is 69.4 cm³/mol. The first-order valence-electron chi connectivity index (χ1n) is 5.87. The lowest BCUT2D eigenvalue weighted by Crippen LogP contribution is -2.00. The lowest BCUT2D eigenvalue weighted by atomic mass is 10.1. The smallest absolute Gasteiger partial charge is 0.192 e. The summed E-state index contributed by atoms with van der Waals surface area (Å²) in [6.45, 7) is 3.62. The van der Waals surface area contributed by atoms with E-state index in [0.29, 0.717) is 16.7 Å². The van der Waals surface area contributed by atoms with Crippen LogP contribution in [-0.2, 0) is 4.79 Å². The number of carbonyl (C=O) groups excluding carboxylic acids is 1. The van der Waals surface area contributed by atoms with E-state index >= 15 is 0 Å². The Morgan fingerprint density at radius 3 is 2.67 bits per heavy atom. The molecule has 0 aliphatic heterocycles. The molecule has 3 heteroatoms. The van der Waals surface area contributed by atoms with Crippen molar-refractivity contribution in [2.24, 2.45) is 5.92 Å². The summed E-state index contributed by atoms with van der Waals surface area (Å²) >= 11 is 0. The monoisotopic (exact) mass is 240 g/mol. The van der Waals surface area contributed by atoms with Gasteiger partial charge in [0.2, 0.25) is 0 Å². The standard InChI is InChI=1S/C15H12O3/c1-8-6-13(16)11-5-3-4-10(15(11)18-8)7-12-9(2)14(12)17/h3-7,9H,1-2H3. The van der Waals surface area contributed by atoms with Crippen LogP contribution in [0.25, 0.3) is 17.0 Å². The van der Waals surface area contributed by atoms with Gasteiger partial charge in [0.25, 0.3) is 0 Å². The summed E-state index contributed by atoms with van der Waals surface area (Å²) in [6.07, 6.45) is 1.82. The molecule has 3 nitrogen and oxygen atoms in total. The van der Waals surface area contributed by atoms with Gasteiger partial charge in [-0.1, -0.05) is 19.1 Å². The van der Waals surface area contributed by atoms with Crippen molar-refractivity contribution in [2.45, 2.75) is 13.8 Å². The van der Waals surface area contributed by atoms with E-state index in [4.69, 9.17) is 4.42 Å². The minimum absolute atomic E-state index is 0.0109. The fourth-order valence-electron chi connectivity index (χ4n) is 2.12. The highest BCUT2D eigenvalue weighted by molar-refractivity contribution is 6.20. The number of fused-ring (bicyclic) bond motifs is 1. The molecule has 1 aromatic carbocycles. The molecule has 1 saturated carbocycles. The molecule has 1 fully saturated rings. The Morgan fingerprint density at radius 1 is 1.28 bits per heavy atom. The molecular weight excluding hydrogens is 228 g/mol. The van der Waals surface area contributed by atoms with Crippen molar-refractivity contribution >= 4 is 22.8 Å². The number of aryl methyl sites for hydroxylation is 1. The van der Waals surface area contributed by atoms with Gasteiger partial charge in [-0.05, 0) is 19.1 Å². The number of ketones is 1. The quantitative estimate of drug-likeness (QED) is 0.720. The molecule has 18 heavy (non-hydrogen) atoms. The van der Waals surface area contributed by atoms with Crippen LogP contribution in [0.2, 0.25) is 0 Å². The third kappa shape index (κ3) is 1.59. The first-order chi connectivity index (χ1) is 8.58. The number of hydrogen-bond donors (Lipinski definition) is 0. The molecule has 1 heterocycles. The lowest BCUT2D eigenvalue weighted by Gasteiger charge is -2.01. The van der Waals surface area contributed by atoms with E-state index in [-0.39, 0.29) is 17.1 Å². The number of rotatable bonds is 1. The van der Waals surface area contributed by atoms with Crippen LogP contribution in [-0.4, -0.2) is 5.78 Å². The maximum absolute atomic E-state index is 11.8. The van der Waals surface area contributed by atoms with Gasteiger partial charge in [0.05, 0.1) is 5.39 Å². The van der Waals surface area contributed by atoms with Gasteiger partial charge in [-0.3, -0.25) is 9.59 Å². The SMILES string of the molecule is Cc1cc(=O)c2cccc(C=C3C(=O)C3C)c2o1. The Morgan fingerprint density at radius 2 is 2.00 bits per heavy atom. The molecule has 0 saturated heterocycles. The molecule has 3 rings (SSSR count). The Bertz CT molecular complexity index is 750. The van der Waals surface area contributed by atoms with E-state index in [9.17, 15) is 9.59 Å². The number of Topliss-reactive ketones (excluding diaryl/α,β-unsaturated/α-hetero) is 1. The van der Waals surface area contributed by atoms with Crippen LogP contribution in [0.1, 0.15) is 18.2 Å². The summed E-state index contributed by atoms with van der Waals surface area (Å²) in [4.78, 5) is 23.2. The second-order valence-corrected chi connectivity index (χ2v) is 4.63. The number of allylic oxidation sites excluding steroid dienone is 1. The van der Waals surface area contributed by atoms with Crippen LogP contribution < -0.4 is 5.43 Å². The van der Waals surface area contributed by atoms with Crippen molar-refractivity contribution in [3.8, 4) is 0 Å². The Kier molecular flexibility index (Phi) is 2.23. The van der Waals surface area contributed by atoms with Crippen molar-refractivity contribution in [1.82, 2.24) is 0 Å². The normalized spacial score (nSPS) is 20.7. The number of hydrogen-bond acceptors (Lipinski definition) is 3. The van der Waals surface area contributed by atoms with Gasteiger partial charge in [-0.2, -0.15) is 0 Å². The molecule has 0 bridgehead atoms. The first-order valence-corrected chi connectivity index (χ1v) is 5.87. The Balaban J connectivity index is 2.28. The highest BCUT2D eigenvalue weighted by atomic mass is 16.3. The molecule has 1 atom stereocenters. The van der Waals surface area contributed by atoms with E-state index in [0.717, 1.165) is 11.1 Å². The van der Waals surface area contributed by atoms with Crippen molar-refractivity contribution in [2.75, 3.05) is 0 Å². The second-order valence-electron chi connectivity index (χ2n) is 4.63. The van der Waals surface area contributed by atoms with E-state index in [1.54, 1.807) is 19.1 Å². The number of para-hydroxylation sites is 1. The fourth-order valence-corrected chi connectivity index (χ4v) is 2.12. The third-order valence-corrected chi connectivity index (χ3v) is 3.28. The van der Waals surface area contributed by atoms with Crippen LogP contribution in [0.5, 0.6) is 0 Å². The predicted octanol–water partition coefficient (Wildman–Crippen LogP) is 2.70. The molecule has 0 amide bonds. The zero-order valence-corrected chi connectivity index (χ0v) is 10.2. The maximum Gasteiger partial charge on any atom is 0.192 e. The van der Waals surface area contributed by atoms with E-state index in [1.807, 2.05) is 19.1 Å². The number of benzene rings is 1. The molecule has 0 spiro atoms. The summed E-state index contributed by atoms with van der Waals surface area (Å²) in [7, 11) is 0. The minimum Gasteiger partial charge on any atom is -0.460 e. The zero-order chi connectivity index (χ0) is 12.9. The summed E-state index contributed by atoms with van der Waals surface area (Å²) in [6, 6.07) is 6.87. The van der Waals surface area contributed by atoms with Gasteiger partial charge >= 0.3 is 0 Å². The molecular formula is C15H12O3. The minimum atomic E-state index is -0.0517. The summed E-state index contributed by atoms with van der Waals surface area (Å²) in [5, 5.41) is 0.552. The van der Waals surface area contributed by atoms with Crippen LogP contribution >= 0.6 is 0 Å². The van der Waals surface area contributed by atoms with Crippen molar-refractivity contribution < 1.29 is 9.21 Å². The van der Waals surface area contributed by atoms with Gasteiger partial charge in [-0.15, -0.1) is 0 Å². The molecule has 2 aromatic rings. The van der Waals surface area contributed by atoms with Crippen LogP contribution in [0, 0.1) is 12.8 Å².